The Morgan fingerprint density at radius 3 is 2.86 bits per heavy atom. The topological polar surface area (TPSA) is 47.0 Å². The zero-order chi connectivity index (χ0) is 14.7. The van der Waals surface area contributed by atoms with E-state index in [-0.39, 0.29) is 0 Å². The van der Waals surface area contributed by atoms with Gasteiger partial charge in [0, 0.05) is 23.7 Å². The van der Waals surface area contributed by atoms with Crippen molar-refractivity contribution in [3.8, 4) is 17.0 Å². The Morgan fingerprint density at radius 1 is 1.24 bits per heavy atom. The zero-order valence-corrected chi connectivity index (χ0v) is 12.6. The first-order valence-electron chi connectivity index (χ1n) is 7.47. The molecule has 4 heteroatoms. The number of methoxy groups -OCH3 is 1. The third kappa shape index (κ3) is 3.05. The fraction of sp³-hybridized carbons (Fsp3) is 0.412. The van der Waals surface area contributed by atoms with Gasteiger partial charge in [-0.25, -0.2) is 9.97 Å². The first kappa shape index (κ1) is 14.0. The van der Waals surface area contributed by atoms with Crippen LogP contribution < -0.4 is 10.1 Å². The van der Waals surface area contributed by atoms with Crippen molar-refractivity contribution in [1.82, 2.24) is 15.3 Å². The number of aromatic nitrogens is 2. The van der Waals surface area contributed by atoms with E-state index in [0.717, 1.165) is 41.6 Å². The van der Waals surface area contributed by atoms with Crippen LogP contribution in [0.2, 0.25) is 0 Å². The summed E-state index contributed by atoms with van der Waals surface area (Å²) in [7, 11) is 1.69. The Labute approximate surface area is 125 Å². The van der Waals surface area contributed by atoms with E-state index in [1.807, 2.05) is 31.2 Å². The lowest BCUT2D eigenvalue weighted by Gasteiger charge is -2.23. The Hall–Kier alpha value is -1.94. The normalized spacial score (nSPS) is 18.5. The van der Waals surface area contributed by atoms with Crippen LogP contribution in [-0.4, -0.2) is 30.2 Å². The second kappa shape index (κ2) is 6.22. The summed E-state index contributed by atoms with van der Waals surface area (Å²) in [6.07, 6.45) is 2.40. The van der Waals surface area contributed by atoms with E-state index in [1.54, 1.807) is 7.11 Å². The van der Waals surface area contributed by atoms with Crippen LogP contribution in [-0.2, 0) is 0 Å². The third-order valence-electron chi connectivity index (χ3n) is 3.96. The van der Waals surface area contributed by atoms with E-state index in [2.05, 4.69) is 21.4 Å². The van der Waals surface area contributed by atoms with Gasteiger partial charge in [-0.05, 0) is 44.5 Å². The van der Waals surface area contributed by atoms with Gasteiger partial charge in [0.25, 0.3) is 0 Å². The molecule has 2 aromatic rings. The van der Waals surface area contributed by atoms with Crippen molar-refractivity contribution in [1.29, 1.82) is 0 Å². The molecule has 0 saturated carbocycles. The Kier molecular flexibility index (Phi) is 4.15. The summed E-state index contributed by atoms with van der Waals surface area (Å²) < 4.78 is 5.45. The van der Waals surface area contributed by atoms with Crippen LogP contribution >= 0.6 is 0 Å². The first-order valence-corrected chi connectivity index (χ1v) is 7.47. The van der Waals surface area contributed by atoms with E-state index in [9.17, 15) is 0 Å². The smallest absolute Gasteiger partial charge is 0.128 e. The molecule has 110 valence electrons. The third-order valence-corrected chi connectivity index (χ3v) is 3.96. The quantitative estimate of drug-likeness (QED) is 0.941. The van der Waals surface area contributed by atoms with Crippen LogP contribution in [0.3, 0.4) is 0 Å². The molecule has 1 atom stereocenters. The van der Waals surface area contributed by atoms with Crippen molar-refractivity contribution < 1.29 is 4.74 Å². The van der Waals surface area contributed by atoms with Crippen molar-refractivity contribution in [2.24, 2.45) is 0 Å². The molecule has 0 spiro atoms. The molecule has 1 aliphatic rings. The van der Waals surface area contributed by atoms with Crippen LogP contribution in [0.5, 0.6) is 5.75 Å². The highest BCUT2D eigenvalue weighted by Crippen LogP contribution is 2.30. The summed E-state index contributed by atoms with van der Waals surface area (Å²) >= 11 is 0. The van der Waals surface area contributed by atoms with Gasteiger partial charge in [-0.1, -0.05) is 12.1 Å². The maximum Gasteiger partial charge on any atom is 0.128 e. The minimum Gasteiger partial charge on any atom is -0.496 e. The van der Waals surface area contributed by atoms with Crippen molar-refractivity contribution in [3.05, 3.63) is 41.9 Å². The highest BCUT2D eigenvalue weighted by molar-refractivity contribution is 5.67. The van der Waals surface area contributed by atoms with Gasteiger partial charge in [0.1, 0.15) is 11.6 Å². The number of piperidine rings is 1. The molecule has 0 bridgehead atoms. The van der Waals surface area contributed by atoms with Crippen molar-refractivity contribution in [3.63, 3.8) is 0 Å². The van der Waals surface area contributed by atoms with E-state index in [0.29, 0.717) is 5.92 Å². The Bertz CT molecular complexity index is 621. The van der Waals surface area contributed by atoms with Gasteiger partial charge in [0.05, 0.1) is 12.8 Å². The lowest BCUT2D eigenvalue weighted by Crippen LogP contribution is -2.29. The number of benzene rings is 1. The van der Waals surface area contributed by atoms with Gasteiger partial charge < -0.3 is 10.1 Å². The molecule has 1 aromatic heterocycles. The van der Waals surface area contributed by atoms with Crippen LogP contribution in [0.15, 0.2) is 30.3 Å². The average molecular weight is 283 g/mol. The van der Waals surface area contributed by atoms with Crippen molar-refractivity contribution in [2.45, 2.75) is 25.7 Å². The first-order chi connectivity index (χ1) is 10.3. The Balaban J connectivity index is 2.01. The molecule has 2 heterocycles. The molecule has 0 radical (unpaired) electrons. The maximum absolute atomic E-state index is 5.45. The van der Waals surface area contributed by atoms with Crippen LogP contribution in [0.25, 0.3) is 11.3 Å². The minimum atomic E-state index is 0.480. The number of aryl methyl sites for hydroxylation is 1. The number of nitrogens with one attached hydrogen (secondary N) is 1. The lowest BCUT2D eigenvalue weighted by atomic mass is 9.95. The van der Waals surface area contributed by atoms with Gasteiger partial charge in [-0.3, -0.25) is 0 Å². The number of hydrogen-bond donors (Lipinski definition) is 1. The van der Waals surface area contributed by atoms with E-state index >= 15 is 0 Å². The standard InChI is InChI=1S/C17H21N3O/c1-12-19-15(13-6-5-9-18-11-13)10-16(20-12)14-7-3-4-8-17(14)21-2/h3-4,7-8,10,13,18H,5-6,9,11H2,1-2H3/t13-/m1/s1. The molecule has 4 nitrogen and oxygen atoms in total. The summed E-state index contributed by atoms with van der Waals surface area (Å²) in [4.78, 5) is 9.24. The molecule has 0 unspecified atom stereocenters. The minimum absolute atomic E-state index is 0.480. The maximum atomic E-state index is 5.45. The fourth-order valence-electron chi connectivity index (χ4n) is 2.90. The molecule has 1 N–H and O–H groups in total. The highest BCUT2D eigenvalue weighted by atomic mass is 16.5. The van der Waals surface area contributed by atoms with Crippen molar-refractivity contribution >= 4 is 0 Å². The molecular formula is C17H21N3O. The molecule has 21 heavy (non-hydrogen) atoms. The van der Waals surface area contributed by atoms with E-state index < -0.39 is 0 Å². The van der Waals surface area contributed by atoms with Crippen LogP contribution in [0, 0.1) is 6.92 Å². The molecule has 1 fully saturated rings. The molecular weight excluding hydrogens is 262 g/mol. The molecule has 1 aromatic carbocycles. The number of para-hydroxylation sites is 1. The second-order valence-corrected chi connectivity index (χ2v) is 5.47. The molecule has 0 amide bonds. The van der Waals surface area contributed by atoms with Gasteiger partial charge in [-0.2, -0.15) is 0 Å². The predicted octanol–water partition coefficient (Wildman–Crippen LogP) is 2.93. The summed E-state index contributed by atoms with van der Waals surface area (Å²) in [6, 6.07) is 10.1. The van der Waals surface area contributed by atoms with Gasteiger partial charge in [0.15, 0.2) is 0 Å². The van der Waals surface area contributed by atoms with Crippen molar-refractivity contribution in [2.75, 3.05) is 20.2 Å². The van der Waals surface area contributed by atoms with Crippen LogP contribution in [0.1, 0.15) is 30.3 Å². The van der Waals surface area contributed by atoms with Gasteiger partial charge in [0.2, 0.25) is 0 Å². The van der Waals surface area contributed by atoms with Gasteiger partial charge >= 0.3 is 0 Å². The van der Waals surface area contributed by atoms with Gasteiger partial charge in [-0.15, -0.1) is 0 Å². The molecule has 1 saturated heterocycles. The summed E-state index contributed by atoms with van der Waals surface area (Å²) in [5.74, 6) is 2.15. The fourth-order valence-corrected chi connectivity index (χ4v) is 2.90. The molecule has 1 aliphatic heterocycles. The number of rotatable bonds is 3. The predicted molar refractivity (Wildman–Crippen MR) is 83.6 cm³/mol. The molecule has 0 aliphatic carbocycles. The summed E-state index contributed by atoms with van der Waals surface area (Å²) in [5, 5.41) is 3.45. The summed E-state index contributed by atoms with van der Waals surface area (Å²) in [6.45, 7) is 4.07. The van der Waals surface area contributed by atoms with E-state index in [1.165, 1.54) is 12.8 Å². The Morgan fingerprint density at radius 2 is 2.10 bits per heavy atom. The highest BCUT2D eigenvalue weighted by Gasteiger charge is 2.18. The molecule has 3 rings (SSSR count). The number of nitrogens with zero attached hydrogens (tertiary/aromatic N) is 2. The monoisotopic (exact) mass is 283 g/mol. The number of hydrogen-bond acceptors (Lipinski definition) is 4. The largest absolute Gasteiger partial charge is 0.496 e. The van der Waals surface area contributed by atoms with E-state index in [4.69, 9.17) is 4.74 Å². The second-order valence-electron chi connectivity index (χ2n) is 5.47. The summed E-state index contributed by atoms with van der Waals surface area (Å²) in [5.41, 5.74) is 3.10. The zero-order valence-electron chi connectivity index (χ0n) is 12.6. The average Bonchev–Trinajstić information content (AvgIpc) is 2.55. The van der Waals surface area contributed by atoms with Crippen LogP contribution in [0.4, 0.5) is 0 Å². The SMILES string of the molecule is COc1ccccc1-c1cc([C@@H]2CCCNC2)nc(C)n1. The number of ether oxygens (including phenoxy) is 1. The lowest BCUT2D eigenvalue weighted by molar-refractivity contribution is 0.416.